The molecule has 6 aromatic rings. The summed E-state index contributed by atoms with van der Waals surface area (Å²) in [6.45, 7) is 8.21. The highest BCUT2D eigenvalue weighted by Crippen LogP contribution is 2.40. The van der Waals surface area contributed by atoms with E-state index in [1.165, 1.54) is 53.1 Å². The molecule has 77 heavy (non-hydrogen) atoms. The molecule has 0 aliphatic carbocycles. The maximum Gasteiger partial charge on any atom is 0.466 e. The van der Waals surface area contributed by atoms with Gasteiger partial charge in [-0.3, -0.25) is 0 Å². The molecule has 16 nitrogen and oxygen atoms in total. The Morgan fingerprint density at radius 2 is 0.675 bits per heavy atom. The number of phosphoric acid groups is 1. The van der Waals surface area contributed by atoms with Crippen molar-refractivity contribution >= 4 is 7.82 Å². The van der Waals surface area contributed by atoms with E-state index in [1.807, 2.05) is 91.0 Å². The van der Waals surface area contributed by atoms with Crippen LogP contribution in [0.1, 0.15) is 53.7 Å². The lowest BCUT2D eigenvalue weighted by atomic mass is 9.81. The summed E-state index contributed by atoms with van der Waals surface area (Å²) < 4.78 is 98.5. The fraction of sp³-hybridized carbons (Fsp3) is 0.368. The van der Waals surface area contributed by atoms with Gasteiger partial charge in [-0.2, -0.15) is 0 Å². The van der Waals surface area contributed by atoms with Crippen molar-refractivity contribution in [2.45, 2.75) is 37.0 Å². The van der Waals surface area contributed by atoms with Gasteiger partial charge in [0.15, 0.2) is 34.5 Å². The van der Waals surface area contributed by atoms with Gasteiger partial charge in [0.25, 0.3) is 0 Å². The van der Waals surface area contributed by atoms with E-state index in [2.05, 4.69) is 16.0 Å². The van der Waals surface area contributed by atoms with E-state index in [0.717, 1.165) is 110 Å². The van der Waals surface area contributed by atoms with E-state index in [4.69, 9.17) is 61.9 Å². The summed E-state index contributed by atoms with van der Waals surface area (Å²) in [7, 11) is -4.64. The van der Waals surface area contributed by atoms with Crippen molar-refractivity contribution in [1.82, 2.24) is 16.0 Å². The highest BCUT2D eigenvalue weighted by Gasteiger charge is 2.30. The molecule has 6 N–H and O–H groups in total. The van der Waals surface area contributed by atoms with Crippen LogP contribution in [-0.2, 0) is 4.57 Å². The van der Waals surface area contributed by atoms with Crippen LogP contribution >= 0.6 is 7.82 Å². The Morgan fingerprint density at radius 3 is 0.948 bits per heavy atom. The Morgan fingerprint density at radius 1 is 0.416 bits per heavy atom. The van der Waals surface area contributed by atoms with Crippen LogP contribution < -0.4 is 58.6 Å². The Hall–Kier alpha value is -6.70. The molecular formula is C57H63F3N3O13P. The molecule has 6 atom stereocenters. The standard InChI is InChI=1S/3C19H20FNO3.H3O4P/c3*20-15-3-1-13(2-4-15)17-7-8-21-10-14(17)11-22-16-5-6-18-19(9-16)24-12-23-18;1-5(2,3)4/h3*1-6,9,14,17,21H,7-8,10-12H2;(H3,1,2,3,4)/t3*14-,17-;/m000./s1. The Bertz CT molecular complexity index is 2580. The number of rotatable bonds is 12. The Balaban J connectivity index is 0.000000135. The maximum absolute atomic E-state index is 13.2. The minimum atomic E-state index is -4.64. The van der Waals surface area contributed by atoms with Gasteiger partial charge in [-0.05, 0) is 146 Å². The molecule has 0 aromatic heterocycles. The molecule has 3 fully saturated rings. The van der Waals surface area contributed by atoms with E-state index in [0.29, 0.717) is 55.3 Å². The van der Waals surface area contributed by atoms with Gasteiger partial charge in [0.1, 0.15) is 34.7 Å². The van der Waals surface area contributed by atoms with Crippen LogP contribution in [0.5, 0.6) is 51.7 Å². The molecule has 3 saturated heterocycles. The van der Waals surface area contributed by atoms with Crippen LogP contribution in [0.25, 0.3) is 0 Å². The second-order valence-corrected chi connectivity index (χ2v) is 20.3. The Labute approximate surface area is 444 Å². The zero-order chi connectivity index (χ0) is 53.6. The van der Waals surface area contributed by atoms with Crippen molar-refractivity contribution in [2.75, 3.05) is 79.5 Å². The average molecular weight is 1090 g/mol. The fourth-order valence-electron chi connectivity index (χ4n) is 10.3. The molecule has 12 rings (SSSR count). The number of hydrogen-bond donors (Lipinski definition) is 6. The maximum atomic E-state index is 13.2. The van der Waals surface area contributed by atoms with Crippen LogP contribution in [0.2, 0.25) is 0 Å². The first kappa shape index (κ1) is 55.1. The van der Waals surface area contributed by atoms with Crippen LogP contribution in [-0.4, -0.2) is 94.1 Å². The van der Waals surface area contributed by atoms with Crippen molar-refractivity contribution < 1.29 is 75.0 Å². The third kappa shape index (κ3) is 15.9. The van der Waals surface area contributed by atoms with Crippen LogP contribution in [0.3, 0.4) is 0 Å². The molecule has 410 valence electrons. The molecule has 6 heterocycles. The van der Waals surface area contributed by atoms with Gasteiger partial charge in [0.2, 0.25) is 20.4 Å². The molecule has 6 aliphatic heterocycles. The van der Waals surface area contributed by atoms with E-state index in [9.17, 15) is 13.2 Å². The first-order chi connectivity index (χ1) is 37.4. The Kier molecular flexibility index (Phi) is 19.0. The fourth-order valence-corrected chi connectivity index (χ4v) is 10.3. The topological polar surface area (TPSA) is 197 Å². The van der Waals surface area contributed by atoms with Crippen molar-refractivity contribution in [2.24, 2.45) is 17.8 Å². The largest absolute Gasteiger partial charge is 0.493 e. The van der Waals surface area contributed by atoms with Crippen LogP contribution in [0.15, 0.2) is 127 Å². The predicted octanol–water partition coefficient (Wildman–Crippen LogP) is 9.05. The number of benzene rings is 6. The van der Waals surface area contributed by atoms with Gasteiger partial charge in [0.05, 0.1) is 19.8 Å². The summed E-state index contributed by atoms with van der Waals surface area (Å²) in [5.74, 6) is 8.36. The molecule has 20 heteroatoms. The lowest BCUT2D eigenvalue weighted by molar-refractivity contribution is 0.173. The quantitative estimate of drug-likeness (QED) is 0.0635. The first-order valence-corrected chi connectivity index (χ1v) is 27.2. The monoisotopic (exact) mass is 1090 g/mol. The summed E-state index contributed by atoms with van der Waals surface area (Å²) in [6.07, 6.45) is 3.09. The molecule has 6 aromatic carbocycles. The van der Waals surface area contributed by atoms with Gasteiger partial charge >= 0.3 is 7.82 Å². The number of ether oxygens (including phenoxy) is 9. The van der Waals surface area contributed by atoms with Gasteiger partial charge in [-0.15, -0.1) is 0 Å². The lowest BCUT2D eigenvalue weighted by Gasteiger charge is -2.32. The molecular weight excluding hydrogens is 1020 g/mol. The van der Waals surface area contributed by atoms with Gasteiger partial charge in [0, 0.05) is 55.6 Å². The lowest BCUT2D eigenvalue weighted by Crippen LogP contribution is -2.38. The molecule has 0 bridgehead atoms. The highest BCUT2D eigenvalue weighted by molar-refractivity contribution is 7.45. The van der Waals surface area contributed by atoms with E-state index in [-0.39, 0.29) is 37.8 Å². The number of piperidine rings is 3. The average Bonchev–Trinajstić information content (AvgIpc) is 4.25. The summed E-state index contributed by atoms with van der Waals surface area (Å²) in [5.41, 5.74) is 3.53. The molecule has 0 saturated carbocycles. The SMILES string of the molecule is Fc1ccc([C@@H]2CCNC[C@H]2COc2ccc3c(c2)OCO3)cc1.Fc1ccc([C@@H]2CCNC[C@H]2COc2ccc3c(c2)OCO3)cc1.Fc1ccc([C@@H]2CCNC[C@H]2COc2ccc3c(c2)OCO3)cc1.O=P(O)(O)O. The minimum Gasteiger partial charge on any atom is -0.493 e. The number of hydrogen-bond acceptors (Lipinski definition) is 13. The summed E-state index contributed by atoms with van der Waals surface area (Å²) in [5, 5.41) is 10.3. The second kappa shape index (κ2) is 26.6. The molecule has 0 unspecified atom stereocenters. The highest BCUT2D eigenvalue weighted by atomic mass is 31.2. The molecule has 0 amide bonds. The van der Waals surface area contributed by atoms with Gasteiger partial charge in [-0.25, -0.2) is 17.7 Å². The normalized spacial score (nSPS) is 21.7. The number of nitrogens with one attached hydrogen (secondary N) is 3. The van der Waals surface area contributed by atoms with Crippen molar-refractivity contribution in [3.63, 3.8) is 0 Å². The molecule has 0 spiro atoms. The van der Waals surface area contributed by atoms with Gasteiger partial charge in [-0.1, -0.05) is 36.4 Å². The zero-order valence-corrected chi connectivity index (χ0v) is 43.1. The van der Waals surface area contributed by atoms with Gasteiger partial charge < -0.3 is 73.3 Å². The smallest absolute Gasteiger partial charge is 0.466 e. The minimum absolute atomic E-state index is 0.194. The summed E-state index contributed by atoms with van der Waals surface area (Å²) in [6, 6.07) is 37.4. The zero-order valence-electron chi connectivity index (χ0n) is 42.2. The number of fused-ring (bicyclic) bond motifs is 3. The third-order valence-electron chi connectivity index (χ3n) is 14.1. The van der Waals surface area contributed by atoms with E-state index >= 15 is 0 Å². The van der Waals surface area contributed by atoms with Crippen molar-refractivity contribution in [1.29, 1.82) is 0 Å². The van der Waals surface area contributed by atoms with Crippen LogP contribution in [0.4, 0.5) is 13.2 Å². The van der Waals surface area contributed by atoms with Crippen molar-refractivity contribution in [3.8, 4) is 51.7 Å². The summed E-state index contributed by atoms with van der Waals surface area (Å²) >= 11 is 0. The predicted molar refractivity (Wildman–Crippen MR) is 279 cm³/mol. The third-order valence-corrected chi connectivity index (χ3v) is 14.1. The molecule has 0 radical (unpaired) electrons. The second-order valence-electron chi connectivity index (χ2n) is 19.2. The molecule has 6 aliphatic rings. The van der Waals surface area contributed by atoms with E-state index < -0.39 is 7.82 Å². The number of halogens is 3. The van der Waals surface area contributed by atoms with E-state index in [1.54, 1.807) is 0 Å². The van der Waals surface area contributed by atoms with Crippen molar-refractivity contribution in [3.05, 3.63) is 162 Å². The first-order valence-electron chi connectivity index (χ1n) is 25.6. The van der Waals surface area contributed by atoms with Crippen LogP contribution in [0, 0.1) is 35.2 Å². The summed E-state index contributed by atoms with van der Waals surface area (Å²) in [4.78, 5) is 21.6.